The Morgan fingerprint density at radius 3 is 1.74 bits per heavy atom. The van der Waals surface area contributed by atoms with Gasteiger partial charge in [-0.05, 0) is 129 Å². The molecular formula is C53H49N. The monoisotopic (exact) mass is 699 g/mol. The Kier molecular flexibility index (Phi) is 10.4. The van der Waals surface area contributed by atoms with Gasteiger partial charge in [-0.2, -0.15) is 0 Å². The van der Waals surface area contributed by atoms with E-state index in [1.807, 2.05) is 7.05 Å². The standard InChI is InChI=1S/C53H49N/c1-37-23-24-40(30-41-32-46(42-17-9-5-10-18-42)36-47(33-41)43-19-11-6-12-20-43)34-52(37)49-27-25-44(29-38(49)2)45-26-28-50(51-21-13-14-22-53(51)54-3)48(35-45)31-39-15-7-4-8-16-39/h4-22,25-29,32-37,40,54H,23-24,30-31H2,1-3H3/t37?,40-/m0/s1. The molecule has 1 heteroatoms. The minimum absolute atomic E-state index is 0.499. The molecule has 1 aliphatic carbocycles. The van der Waals surface area contributed by atoms with Crippen molar-refractivity contribution in [3.63, 3.8) is 0 Å². The first kappa shape index (κ1) is 35.1. The van der Waals surface area contributed by atoms with Crippen LogP contribution < -0.4 is 5.32 Å². The van der Waals surface area contributed by atoms with Crippen LogP contribution in [-0.4, -0.2) is 7.05 Å². The van der Waals surface area contributed by atoms with Gasteiger partial charge in [0.15, 0.2) is 0 Å². The van der Waals surface area contributed by atoms with Gasteiger partial charge in [0, 0.05) is 18.3 Å². The van der Waals surface area contributed by atoms with Gasteiger partial charge in [0.05, 0.1) is 0 Å². The van der Waals surface area contributed by atoms with Crippen LogP contribution in [0.2, 0.25) is 0 Å². The van der Waals surface area contributed by atoms with Crippen LogP contribution in [0.4, 0.5) is 5.69 Å². The summed E-state index contributed by atoms with van der Waals surface area (Å²) in [4.78, 5) is 0. The van der Waals surface area contributed by atoms with Crippen LogP contribution in [0.1, 0.15) is 47.6 Å². The summed E-state index contributed by atoms with van der Waals surface area (Å²) < 4.78 is 0. The number of anilines is 1. The Morgan fingerprint density at radius 2 is 1.09 bits per heavy atom. The summed E-state index contributed by atoms with van der Waals surface area (Å²) in [6, 6.07) is 62.4. The van der Waals surface area contributed by atoms with Gasteiger partial charge in [-0.1, -0.05) is 171 Å². The molecule has 0 saturated carbocycles. The molecule has 7 aromatic rings. The van der Waals surface area contributed by atoms with E-state index in [1.54, 1.807) is 0 Å². The first-order valence-electron chi connectivity index (χ1n) is 19.5. The molecule has 0 aliphatic heterocycles. The summed E-state index contributed by atoms with van der Waals surface area (Å²) in [5.41, 5.74) is 19.6. The average Bonchev–Trinajstić information content (AvgIpc) is 3.22. The lowest BCUT2D eigenvalue weighted by molar-refractivity contribution is 0.486. The minimum atomic E-state index is 0.499. The molecule has 1 aliphatic rings. The van der Waals surface area contributed by atoms with Crippen molar-refractivity contribution >= 4 is 11.3 Å². The Labute approximate surface area is 322 Å². The second-order valence-electron chi connectivity index (χ2n) is 15.1. The molecule has 266 valence electrons. The summed E-state index contributed by atoms with van der Waals surface area (Å²) >= 11 is 0. The van der Waals surface area contributed by atoms with E-state index in [0.29, 0.717) is 11.8 Å². The molecular weight excluding hydrogens is 651 g/mol. The van der Waals surface area contributed by atoms with Crippen molar-refractivity contribution in [1.29, 1.82) is 0 Å². The molecule has 0 fully saturated rings. The molecule has 0 spiro atoms. The molecule has 1 N–H and O–H groups in total. The zero-order valence-corrected chi connectivity index (χ0v) is 31.7. The van der Waals surface area contributed by atoms with Gasteiger partial charge in [-0.15, -0.1) is 0 Å². The van der Waals surface area contributed by atoms with E-state index < -0.39 is 0 Å². The number of nitrogens with one attached hydrogen (secondary N) is 1. The molecule has 0 radical (unpaired) electrons. The average molecular weight is 700 g/mol. The van der Waals surface area contributed by atoms with E-state index in [0.717, 1.165) is 18.5 Å². The van der Waals surface area contributed by atoms with Gasteiger partial charge >= 0.3 is 0 Å². The van der Waals surface area contributed by atoms with Gasteiger partial charge in [-0.3, -0.25) is 0 Å². The topological polar surface area (TPSA) is 12.0 Å². The highest BCUT2D eigenvalue weighted by Crippen LogP contribution is 2.40. The quantitative estimate of drug-likeness (QED) is 0.150. The lowest BCUT2D eigenvalue weighted by Crippen LogP contribution is -2.14. The van der Waals surface area contributed by atoms with Crippen molar-refractivity contribution in [2.75, 3.05) is 12.4 Å². The Hall–Kier alpha value is -5.92. The molecule has 1 unspecified atom stereocenters. The van der Waals surface area contributed by atoms with Crippen LogP contribution in [-0.2, 0) is 12.8 Å². The number of aryl methyl sites for hydroxylation is 1. The Morgan fingerprint density at radius 1 is 0.500 bits per heavy atom. The van der Waals surface area contributed by atoms with Crippen LogP contribution in [0.5, 0.6) is 0 Å². The molecule has 8 rings (SSSR count). The predicted molar refractivity (Wildman–Crippen MR) is 232 cm³/mol. The van der Waals surface area contributed by atoms with Crippen LogP contribution in [0.3, 0.4) is 0 Å². The summed E-state index contributed by atoms with van der Waals surface area (Å²) in [7, 11) is 2.00. The summed E-state index contributed by atoms with van der Waals surface area (Å²) in [6.07, 6.45) is 6.96. The molecule has 7 aromatic carbocycles. The van der Waals surface area contributed by atoms with Crippen LogP contribution >= 0.6 is 0 Å². The van der Waals surface area contributed by atoms with Gasteiger partial charge in [-0.25, -0.2) is 0 Å². The van der Waals surface area contributed by atoms with E-state index in [2.05, 4.69) is 195 Å². The van der Waals surface area contributed by atoms with E-state index in [-0.39, 0.29) is 0 Å². The zero-order chi connectivity index (χ0) is 36.9. The van der Waals surface area contributed by atoms with Gasteiger partial charge < -0.3 is 5.32 Å². The summed E-state index contributed by atoms with van der Waals surface area (Å²) in [6.45, 7) is 4.71. The third-order valence-electron chi connectivity index (χ3n) is 11.3. The predicted octanol–water partition coefficient (Wildman–Crippen LogP) is 14.0. The maximum atomic E-state index is 3.41. The van der Waals surface area contributed by atoms with Gasteiger partial charge in [0.2, 0.25) is 0 Å². The van der Waals surface area contributed by atoms with Crippen molar-refractivity contribution in [3.05, 3.63) is 204 Å². The molecule has 0 bridgehead atoms. The first-order chi connectivity index (χ1) is 26.5. The first-order valence-corrected chi connectivity index (χ1v) is 19.5. The fourth-order valence-corrected chi connectivity index (χ4v) is 8.45. The van der Waals surface area contributed by atoms with E-state index in [1.165, 1.54) is 90.7 Å². The van der Waals surface area contributed by atoms with Crippen LogP contribution in [0, 0.1) is 18.8 Å². The third-order valence-corrected chi connectivity index (χ3v) is 11.3. The maximum absolute atomic E-state index is 3.41. The molecule has 0 aromatic heterocycles. The highest BCUT2D eigenvalue weighted by molar-refractivity contribution is 5.83. The number of allylic oxidation sites excluding steroid dienone is 2. The lowest BCUT2D eigenvalue weighted by atomic mass is 9.77. The third kappa shape index (κ3) is 7.73. The lowest BCUT2D eigenvalue weighted by Gasteiger charge is -2.28. The number of para-hydroxylation sites is 1. The zero-order valence-electron chi connectivity index (χ0n) is 31.7. The van der Waals surface area contributed by atoms with Crippen molar-refractivity contribution in [2.45, 2.75) is 39.5 Å². The number of benzene rings is 7. The minimum Gasteiger partial charge on any atom is -0.388 e. The van der Waals surface area contributed by atoms with E-state index in [4.69, 9.17) is 0 Å². The van der Waals surface area contributed by atoms with E-state index >= 15 is 0 Å². The molecule has 0 amide bonds. The summed E-state index contributed by atoms with van der Waals surface area (Å²) in [5.74, 6) is 1.03. The highest BCUT2D eigenvalue weighted by Gasteiger charge is 2.23. The van der Waals surface area contributed by atoms with Crippen LogP contribution in [0.15, 0.2) is 176 Å². The maximum Gasteiger partial charge on any atom is 0.0417 e. The largest absolute Gasteiger partial charge is 0.388 e. The fourth-order valence-electron chi connectivity index (χ4n) is 8.45. The highest BCUT2D eigenvalue weighted by atomic mass is 14.8. The second kappa shape index (κ2) is 16.0. The fraction of sp³-hybridized carbons (Fsp3) is 0.170. The Bertz CT molecular complexity index is 2330. The van der Waals surface area contributed by atoms with Crippen LogP contribution in [0.25, 0.3) is 50.1 Å². The van der Waals surface area contributed by atoms with Crippen molar-refractivity contribution in [3.8, 4) is 44.5 Å². The number of hydrogen-bond acceptors (Lipinski definition) is 1. The molecule has 0 heterocycles. The Balaban J connectivity index is 1.10. The summed E-state index contributed by atoms with van der Waals surface area (Å²) in [5, 5.41) is 3.41. The number of hydrogen-bond donors (Lipinski definition) is 1. The smallest absolute Gasteiger partial charge is 0.0417 e. The van der Waals surface area contributed by atoms with Crippen molar-refractivity contribution < 1.29 is 0 Å². The van der Waals surface area contributed by atoms with E-state index in [9.17, 15) is 0 Å². The number of rotatable bonds is 10. The second-order valence-corrected chi connectivity index (χ2v) is 15.1. The van der Waals surface area contributed by atoms with Crippen molar-refractivity contribution in [2.24, 2.45) is 11.8 Å². The van der Waals surface area contributed by atoms with Crippen molar-refractivity contribution in [1.82, 2.24) is 0 Å². The molecule has 0 saturated heterocycles. The molecule has 2 atom stereocenters. The molecule has 1 nitrogen and oxygen atoms in total. The normalized spacial score (nSPS) is 15.4. The SMILES string of the molecule is CNc1ccccc1-c1ccc(-c2ccc(C3=C[C@H](Cc4cc(-c5ccccc5)cc(-c5ccccc5)c4)CCC3C)c(C)c2)cc1Cc1ccccc1. The molecule has 54 heavy (non-hydrogen) atoms. The van der Waals surface area contributed by atoms with Gasteiger partial charge in [0.1, 0.15) is 0 Å². The van der Waals surface area contributed by atoms with Gasteiger partial charge in [0.25, 0.3) is 0 Å².